The van der Waals surface area contributed by atoms with Gasteiger partial charge in [-0.15, -0.1) is 11.3 Å². The topological polar surface area (TPSA) is 64.4 Å². The molecule has 0 atom stereocenters. The molecule has 0 aliphatic carbocycles. The van der Waals surface area contributed by atoms with Crippen LogP contribution in [0, 0.1) is 6.92 Å². The first-order valence-corrected chi connectivity index (χ1v) is 12.3. The highest BCUT2D eigenvalue weighted by atomic mass is 32.2. The molecule has 1 aliphatic heterocycles. The molecule has 3 aromatic rings. The second kappa shape index (κ2) is 9.54. The Labute approximate surface area is 190 Å². The summed E-state index contributed by atoms with van der Waals surface area (Å²) in [5, 5.41) is 1.50. The highest BCUT2D eigenvalue weighted by molar-refractivity contribution is 7.99. The van der Waals surface area contributed by atoms with Crippen LogP contribution in [0.3, 0.4) is 0 Å². The summed E-state index contributed by atoms with van der Waals surface area (Å²) in [5.41, 5.74) is 3.15. The molecular formula is C23H27N3O3S2. The first-order valence-electron chi connectivity index (χ1n) is 10.5. The number of thioether (sulfide) groups is 1. The minimum atomic E-state index is -0.185. The Morgan fingerprint density at radius 1 is 1.32 bits per heavy atom. The second-order valence-electron chi connectivity index (χ2n) is 7.93. The molecule has 0 fully saturated rings. The average Bonchev–Trinajstić information content (AvgIpc) is 3.10. The molecule has 8 heteroatoms. The molecule has 6 nitrogen and oxygen atoms in total. The summed E-state index contributed by atoms with van der Waals surface area (Å²) in [7, 11) is 3.52. The van der Waals surface area contributed by atoms with E-state index in [2.05, 4.69) is 11.9 Å². The first-order chi connectivity index (χ1) is 15.0. The van der Waals surface area contributed by atoms with E-state index < -0.39 is 0 Å². The monoisotopic (exact) mass is 457 g/mol. The molecule has 4 rings (SSSR count). The van der Waals surface area contributed by atoms with Crippen molar-refractivity contribution in [3.8, 4) is 5.69 Å². The van der Waals surface area contributed by atoms with Gasteiger partial charge in [-0.25, -0.2) is 4.98 Å². The number of nitrogens with zero attached hydrogens (tertiary/aromatic N) is 3. The predicted octanol–water partition coefficient (Wildman–Crippen LogP) is 4.18. The highest BCUT2D eigenvalue weighted by Gasteiger charge is 2.24. The van der Waals surface area contributed by atoms with Crippen LogP contribution in [0.4, 0.5) is 0 Å². The third-order valence-electron chi connectivity index (χ3n) is 5.53. The van der Waals surface area contributed by atoms with Gasteiger partial charge in [-0.3, -0.25) is 14.2 Å². The van der Waals surface area contributed by atoms with Gasteiger partial charge in [0.1, 0.15) is 4.83 Å². The molecule has 164 valence electrons. The van der Waals surface area contributed by atoms with Crippen molar-refractivity contribution >= 4 is 39.3 Å². The average molecular weight is 458 g/mol. The number of aromatic nitrogens is 2. The van der Waals surface area contributed by atoms with E-state index in [4.69, 9.17) is 9.72 Å². The van der Waals surface area contributed by atoms with Gasteiger partial charge >= 0.3 is 5.97 Å². The molecule has 1 aliphatic rings. The number of hydrogen-bond acceptors (Lipinski definition) is 7. The number of thiophene rings is 1. The molecule has 0 saturated heterocycles. The quantitative estimate of drug-likeness (QED) is 0.230. The third-order valence-corrected chi connectivity index (χ3v) is 7.66. The summed E-state index contributed by atoms with van der Waals surface area (Å²) >= 11 is 3.23. The van der Waals surface area contributed by atoms with E-state index in [1.807, 2.05) is 31.2 Å². The van der Waals surface area contributed by atoms with E-state index in [1.54, 1.807) is 27.7 Å². The number of aryl methyl sites for hydroxylation is 1. The van der Waals surface area contributed by atoms with E-state index in [-0.39, 0.29) is 11.5 Å². The molecule has 0 spiro atoms. The maximum atomic E-state index is 13.7. The van der Waals surface area contributed by atoms with Gasteiger partial charge in [0.2, 0.25) is 0 Å². The summed E-state index contributed by atoms with van der Waals surface area (Å²) in [5.74, 6) is 0.601. The van der Waals surface area contributed by atoms with Crippen molar-refractivity contribution in [2.45, 2.75) is 44.3 Å². The Kier molecular flexibility index (Phi) is 6.79. The van der Waals surface area contributed by atoms with E-state index in [0.717, 1.165) is 59.6 Å². The van der Waals surface area contributed by atoms with Crippen LogP contribution in [0.1, 0.15) is 35.3 Å². The minimum Gasteiger partial charge on any atom is -0.469 e. The number of carbonyl (C=O) groups is 1. The summed E-state index contributed by atoms with van der Waals surface area (Å²) in [4.78, 5) is 34.4. The molecule has 0 amide bonds. The normalized spacial score (nSPS) is 14.0. The van der Waals surface area contributed by atoms with Crippen molar-refractivity contribution in [3.05, 3.63) is 50.6 Å². The number of rotatable bonds is 7. The molecule has 0 radical (unpaired) electrons. The zero-order valence-corrected chi connectivity index (χ0v) is 19.8. The largest absolute Gasteiger partial charge is 0.469 e. The number of unbranched alkanes of at least 4 members (excludes halogenated alkanes) is 1. The minimum absolute atomic E-state index is 0.0229. The van der Waals surface area contributed by atoms with Crippen LogP contribution in [0.2, 0.25) is 0 Å². The molecule has 0 saturated carbocycles. The second-order valence-corrected chi connectivity index (χ2v) is 10.1. The molecule has 1 aromatic carbocycles. The molecule has 31 heavy (non-hydrogen) atoms. The molecule has 0 unspecified atom stereocenters. The highest BCUT2D eigenvalue weighted by Crippen LogP contribution is 2.34. The fourth-order valence-electron chi connectivity index (χ4n) is 3.88. The Hall–Kier alpha value is -2.16. The standard InChI is InChI=1S/C23H27N3O3S2/c1-15-7-6-8-16(13-15)26-22(28)20-17-10-11-25(2)14-18(17)31-21(20)24-23(26)30-12-5-4-9-19(27)29-3/h6-8,13H,4-5,9-12,14H2,1-3H3. The fourth-order valence-corrected chi connectivity index (χ4v) is 6.23. The van der Waals surface area contributed by atoms with Gasteiger partial charge in [-0.05, 0) is 56.5 Å². The number of esters is 1. The predicted molar refractivity (Wildman–Crippen MR) is 127 cm³/mol. The molecular weight excluding hydrogens is 430 g/mol. The number of ether oxygens (including phenoxy) is 1. The number of fused-ring (bicyclic) bond motifs is 3. The van der Waals surface area contributed by atoms with Gasteiger partial charge in [-0.1, -0.05) is 23.9 Å². The van der Waals surface area contributed by atoms with Crippen molar-refractivity contribution in [2.24, 2.45) is 0 Å². The van der Waals surface area contributed by atoms with Crippen LogP contribution in [-0.4, -0.2) is 46.9 Å². The maximum Gasteiger partial charge on any atom is 0.305 e. The maximum absolute atomic E-state index is 13.7. The van der Waals surface area contributed by atoms with Crippen molar-refractivity contribution in [2.75, 3.05) is 26.5 Å². The lowest BCUT2D eigenvalue weighted by atomic mass is 10.1. The van der Waals surface area contributed by atoms with Crippen LogP contribution >= 0.6 is 23.1 Å². The fraction of sp³-hybridized carbons (Fsp3) is 0.435. The first kappa shape index (κ1) is 22.0. The Bertz CT molecular complexity index is 1170. The molecule has 0 bridgehead atoms. The SMILES string of the molecule is COC(=O)CCCCSc1nc2sc3c(c2c(=O)n1-c1cccc(C)c1)CCN(C)C3. The number of likely N-dealkylation sites (N-methyl/N-ethyl adjacent to an activating group) is 1. The Morgan fingerprint density at radius 3 is 2.94 bits per heavy atom. The van der Waals surface area contributed by atoms with Crippen LogP contribution in [0.25, 0.3) is 15.9 Å². The van der Waals surface area contributed by atoms with Gasteiger partial charge in [0.25, 0.3) is 5.56 Å². The zero-order valence-electron chi connectivity index (χ0n) is 18.1. The molecule has 0 N–H and O–H groups in total. The number of carbonyl (C=O) groups excluding carboxylic acids is 1. The summed E-state index contributed by atoms with van der Waals surface area (Å²) in [6.07, 6.45) is 2.92. The zero-order chi connectivity index (χ0) is 22.0. The number of methoxy groups -OCH3 is 1. The van der Waals surface area contributed by atoms with E-state index >= 15 is 0 Å². The van der Waals surface area contributed by atoms with Gasteiger partial charge in [-0.2, -0.15) is 0 Å². The molecule has 3 heterocycles. The van der Waals surface area contributed by atoms with Crippen LogP contribution in [-0.2, 0) is 22.5 Å². The lowest BCUT2D eigenvalue weighted by molar-refractivity contribution is -0.140. The lowest BCUT2D eigenvalue weighted by Gasteiger charge is -2.21. The van der Waals surface area contributed by atoms with Gasteiger partial charge in [0, 0.05) is 30.1 Å². The Balaban J connectivity index is 1.72. The summed E-state index contributed by atoms with van der Waals surface area (Å²) in [6.45, 7) is 3.86. The van der Waals surface area contributed by atoms with Crippen molar-refractivity contribution in [1.82, 2.24) is 14.5 Å². The van der Waals surface area contributed by atoms with Crippen LogP contribution in [0.15, 0.2) is 34.2 Å². The number of hydrogen-bond donors (Lipinski definition) is 0. The van der Waals surface area contributed by atoms with Gasteiger partial charge in [0.05, 0.1) is 18.2 Å². The lowest BCUT2D eigenvalue weighted by Crippen LogP contribution is -2.27. The van der Waals surface area contributed by atoms with Crippen molar-refractivity contribution in [1.29, 1.82) is 0 Å². The van der Waals surface area contributed by atoms with Crippen LogP contribution < -0.4 is 5.56 Å². The van der Waals surface area contributed by atoms with Crippen molar-refractivity contribution in [3.63, 3.8) is 0 Å². The van der Waals surface area contributed by atoms with E-state index in [1.165, 1.54) is 17.6 Å². The van der Waals surface area contributed by atoms with Gasteiger partial charge < -0.3 is 9.64 Å². The van der Waals surface area contributed by atoms with E-state index in [9.17, 15) is 9.59 Å². The summed E-state index contributed by atoms with van der Waals surface area (Å²) < 4.78 is 6.48. The van der Waals surface area contributed by atoms with E-state index in [0.29, 0.717) is 11.6 Å². The van der Waals surface area contributed by atoms with Crippen LogP contribution in [0.5, 0.6) is 0 Å². The Morgan fingerprint density at radius 2 is 2.16 bits per heavy atom. The smallest absolute Gasteiger partial charge is 0.305 e. The summed E-state index contributed by atoms with van der Waals surface area (Å²) in [6, 6.07) is 8.01. The third kappa shape index (κ3) is 4.71. The number of benzene rings is 1. The molecule has 2 aromatic heterocycles. The van der Waals surface area contributed by atoms with Crippen molar-refractivity contribution < 1.29 is 9.53 Å². The van der Waals surface area contributed by atoms with Gasteiger partial charge in [0.15, 0.2) is 5.16 Å².